The molecule has 0 amide bonds. The van der Waals surface area contributed by atoms with Crippen LogP contribution in [0.2, 0.25) is 0 Å². The topological polar surface area (TPSA) is 95.1 Å². The van der Waals surface area contributed by atoms with Crippen LogP contribution in [0.3, 0.4) is 0 Å². The van der Waals surface area contributed by atoms with Crippen LogP contribution in [0.25, 0.3) is 0 Å². The van der Waals surface area contributed by atoms with Crippen molar-refractivity contribution in [3.63, 3.8) is 0 Å². The predicted octanol–water partition coefficient (Wildman–Crippen LogP) is 0.208. The van der Waals surface area contributed by atoms with Gasteiger partial charge in [0.25, 0.3) is 0 Å². The standard InChI is InChI=1S/C15H33N5O3S.HI/c1-6-16-14(18-12-15(3,4)19-24(5,21)22)17-11-13(2)20-7-9-23-10-8-20;/h13,19H,6-12H2,1-5H3,(H2,16,17,18);1H. The number of nitrogens with one attached hydrogen (secondary N) is 3. The number of ether oxygens (including phenoxy) is 1. The summed E-state index contributed by atoms with van der Waals surface area (Å²) >= 11 is 0. The van der Waals surface area contributed by atoms with Gasteiger partial charge in [-0.15, -0.1) is 24.0 Å². The maximum absolute atomic E-state index is 11.4. The van der Waals surface area contributed by atoms with Gasteiger partial charge in [-0.1, -0.05) is 0 Å². The van der Waals surface area contributed by atoms with Crippen LogP contribution in [0.1, 0.15) is 27.7 Å². The summed E-state index contributed by atoms with van der Waals surface area (Å²) in [6.07, 6.45) is 1.16. The minimum Gasteiger partial charge on any atom is -0.379 e. The van der Waals surface area contributed by atoms with E-state index < -0.39 is 15.6 Å². The lowest BCUT2D eigenvalue weighted by Crippen LogP contribution is -2.50. The summed E-state index contributed by atoms with van der Waals surface area (Å²) in [6, 6.07) is 0.375. The number of guanidine groups is 1. The molecule has 0 saturated carbocycles. The van der Waals surface area contributed by atoms with Gasteiger partial charge >= 0.3 is 0 Å². The lowest BCUT2D eigenvalue weighted by atomic mass is 10.1. The first-order chi connectivity index (χ1) is 11.1. The van der Waals surface area contributed by atoms with E-state index in [1.54, 1.807) is 0 Å². The average molecular weight is 491 g/mol. The van der Waals surface area contributed by atoms with E-state index in [9.17, 15) is 8.42 Å². The van der Waals surface area contributed by atoms with E-state index in [0.717, 1.165) is 45.6 Å². The number of halogens is 1. The van der Waals surface area contributed by atoms with Crippen molar-refractivity contribution in [1.82, 2.24) is 20.3 Å². The summed E-state index contributed by atoms with van der Waals surface area (Å²) in [6.45, 7) is 13.1. The lowest BCUT2D eigenvalue weighted by Gasteiger charge is -2.32. The van der Waals surface area contributed by atoms with Crippen molar-refractivity contribution in [2.24, 2.45) is 4.99 Å². The molecule has 0 aromatic heterocycles. The highest BCUT2D eigenvalue weighted by Crippen LogP contribution is 2.05. The highest BCUT2D eigenvalue weighted by molar-refractivity contribution is 14.0. The molecule has 0 bridgehead atoms. The van der Waals surface area contributed by atoms with Crippen LogP contribution >= 0.6 is 24.0 Å². The molecule has 0 aromatic rings. The number of sulfonamides is 1. The van der Waals surface area contributed by atoms with Crippen LogP contribution in [0.4, 0.5) is 0 Å². The number of nitrogens with zero attached hydrogens (tertiary/aromatic N) is 2. The summed E-state index contributed by atoms with van der Waals surface area (Å²) < 4.78 is 30.8. The molecule has 3 N–H and O–H groups in total. The van der Waals surface area contributed by atoms with E-state index >= 15 is 0 Å². The van der Waals surface area contributed by atoms with Gasteiger partial charge in [-0.05, 0) is 27.7 Å². The van der Waals surface area contributed by atoms with Gasteiger partial charge in [-0.3, -0.25) is 9.89 Å². The van der Waals surface area contributed by atoms with Crippen molar-refractivity contribution >= 4 is 40.0 Å². The number of aliphatic imine (C=N–C) groups is 1. The molecule has 0 aromatic carbocycles. The summed E-state index contributed by atoms with van der Waals surface area (Å²) in [5.74, 6) is 0.695. The third-order valence-electron chi connectivity index (χ3n) is 3.67. The van der Waals surface area contributed by atoms with Gasteiger partial charge in [0.1, 0.15) is 0 Å². The van der Waals surface area contributed by atoms with Crippen molar-refractivity contribution in [1.29, 1.82) is 0 Å². The average Bonchev–Trinajstić information content (AvgIpc) is 2.48. The van der Waals surface area contributed by atoms with Gasteiger partial charge in [0, 0.05) is 37.8 Å². The van der Waals surface area contributed by atoms with Crippen LogP contribution in [-0.2, 0) is 14.8 Å². The second-order valence-corrected chi connectivity index (χ2v) is 8.58. The molecule has 1 fully saturated rings. The van der Waals surface area contributed by atoms with Gasteiger partial charge in [0.15, 0.2) is 5.96 Å². The summed E-state index contributed by atoms with van der Waals surface area (Å²) in [7, 11) is -3.26. The van der Waals surface area contributed by atoms with E-state index in [0.29, 0.717) is 18.5 Å². The monoisotopic (exact) mass is 491 g/mol. The molecule has 1 unspecified atom stereocenters. The van der Waals surface area contributed by atoms with Gasteiger partial charge in [-0.25, -0.2) is 13.1 Å². The molecule has 25 heavy (non-hydrogen) atoms. The molecule has 1 atom stereocenters. The molecule has 150 valence electrons. The minimum atomic E-state index is -3.26. The zero-order valence-corrected chi connectivity index (χ0v) is 19.1. The lowest BCUT2D eigenvalue weighted by molar-refractivity contribution is 0.0211. The van der Waals surface area contributed by atoms with Crippen LogP contribution in [0.15, 0.2) is 4.99 Å². The van der Waals surface area contributed by atoms with Crippen molar-refractivity contribution in [3.8, 4) is 0 Å². The highest BCUT2D eigenvalue weighted by atomic mass is 127. The van der Waals surface area contributed by atoms with Crippen molar-refractivity contribution < 1.29 is 13.2 Å². The summed E-state index contributed by atoms with van der Waals surface area (Å²) in [5.41, 5.74) is -0.633. The quantitative estimate of drug-likeness (QED) is 0.255. The Hall–Kier alpha value is -0.170. The first-order valence-corrected chi connectivity index (χ1v) is 10.3. The molecule has 1 aliphatic heterocycles. The highest BCUT2D eigenvalue weighted by Gasteiger charge is 2.22. The Kier molecular flexibility index (Phi) is 11.4. The first kappa shape index (κ1) is 24.8. The minimum absolute atomic E-state index is 0. The maximum atomic E-state index is 11.4. The number of hydrogen-bond acceptors (Lipinski definition) is 5. The van der Waals surface area contributed by atoms with Crippen LogP contribution in [0.5, 0.6) is 0 Å². The fourth-order valence-electron chi connectivity index (χ4n) is 2.54. The largest absolute Gasteiger partial charge is 0.379 e. The van der Waals surface area contributed by atoms with Gasteiger partial charge in [0.2, 0.25) is 10.0 Å². The Balaban J connectivity index is 0.00000576. The first-order valence-electron chi connectivity index (χ1n) is 8.46. The Labute approximate surface area is 169 Å². The second kappa shape index (κ2) is 11.5. The van der Waals surface area contributed by atoms with E-state index in [-0.39, 0.29) is 24.0 Å². The Morgan fingerprint density at radius 2 is 1.88 bits per heavy atom. The zero-order chi connectivity index (χ0) is 18.2. The molecule has 1 saturated heterocycles. The van der Waals surface area contributed by atoms with Gasteiger partial charge in [0.05, 0.1) is 26.0 Å². The summed E-state index contributed by atoms with van der Waals surface area (Å²) in [4.78, 5) is 6.89. The summed E-state index contributed by atoms with van der Waals surface area (Å²) in [5, 5.41) is 6.53. The van der Waals surface area contributed by atoms with Gasteiger partial charge < -0.3 is 15.4 Å². The maximum Gasteiger partial charge on any atom is 0.209 e. The molecular formula is C15H34IN5O3S. The molecule has 1 aliphatic rings. The fourth-order valence-corrected chi connectivity index (χ4v) is 3.61. The fraction of sp³-hybridized carbons (Fsp3) is 0.933. The molecule has 0 aliphatic carbocycles. The van der Waals surface area contributed by atoms with E-state index in [1.165, 1.54) is 0 Å². The SMILES string of the molecule is CCNC(=NCC(C)(C)NS(C)(=O)=O)NCC(C)N1CCOCC1.I. The van der Waals surface area contributed by atoms with Crippen LogP contribution in [-0.4, -0.2) is 83.1 Å². The Morgan fingerprint density at radius 3 is 2.40 bits per heavy atom. The van der Waals surface area contributed by atoms with Crippen LogP contribution < -0.4 is 15.4 Å². The smallest absolute Gasteiger partial charge is 0.209 e. The normalized spacial score (nSPS) is 18.4. The molecule has 1 heterocycles. The molecular weight excluding hydrogens is 457 g/mol. The van der Waals surface area contributed by atoms with Gasteiger partial charge in [-0.2, -0.15) is 0 Å². The number of hydrogen-bond donors (Lipinski definition) is 3. The molecule has 8 nitrogen and oxygen atoms in total. The number of morpholine rings is 1. The number of rotatable bonds is 8. The van der Waals surface area contributed by atoms with Crippen molar-refractivity contribution in [3.05, 3.63) is 0 Å². The molecule has 0 radical (unpaired) electrons. The predicted molar refractivity (Wildman–Crippen MR) is 113 cm³/mol. The van der Waals surface area contributed by atoms with Crippen molar-refractivity contribution in [2.75, 3.05) is 52.2 Å². The third-order valence-corrected chi connectivity index (χ3v) is 4.60. The second-order valence-electron chi connectivity index (χ2n) is 6.83. The van der Waals surface area contributed by atoms with E-state index in [1.807, 2.05) is 20.8 Å². The third kappa shape index (κ3) is 11.2. The van der Waals surface area contributed by atoms with E-state index in [4.69, 9.17) is 4.74 Å². The Morgan fingerprint density at radius 1 is 1.28 bits per heavy atom. The van der Waals surface area contributed by atoms with Crippen LogP contribution in [0, 0.1) is 0 Å². The van der Waals surface area contributed by atoms with Crippen molar-refractivity contribution in [2.45, 2.75) is 39.3 Å². The molecule has 1 rings (SSSR count). The molecule has 10 heteroatoms. The van der Waals surface area contributed by atoms with E-state index in [2.05, 4.69) is 32.2 Å². The zero-order valence-electron chi connectivity index (χ0n) is 16.0. The Bertz CT molecular complexity index is 507. The molecule has 0 spiro atoms.